The average molecular weight is 631 g/mol. The molecule has 1 atom stereocenters. The second kappa shape index (κ2) is 13.4. The standard InChI is InChI=1S/C33H36F2N8O3/c1-4-23-26(34)6-5-20-15-22(44)16-24(28(20)23)30-29(35)31-25(17-38-30)32(40-33(39-31)42-12-10-41(3)11-13-42)43-9-8-37-21(18-43)19-46-14-7-27(45)36-2/h1,5-6,15-17,21,37,44H,7-14,18-19H2,2-3H3,(H,36,45). The van der Waals surface area contributed by atoms with Gasteiger partial charge in [-0.2, -0.15) is 4.98 Å². The van der Waals surface area contributed by atoms with E-state index in [2.05, 4.69) is 31.3 Å². The van der Waals surface area contributed by atoms with Crippen LogP contribution < -0.4 is 20.4 Å². The molecular weight excluding hydrogens is 594 g/mol. The number of pyridine rings is 1. The molecule has 11 nitrogen and oxygen atoms in total. The largest absolute Gasteiger partial charge is 0.508 e. The van der Waals surface area contributed by atoms with Crippen molar-refractivity contribution in [3.05, 3.63) is 47.7 Å². The van der Waals surface area contributed by atoms with E-state index in [0.717, 1.165) is 13.1 Å². The van der Waals surface area contributed by atoms with Crippen LogP contribution in [0.3, 0.4) is 0 Å². The number of hydrogen-bond acceptors (Lipinski definition) is 10. The minimum atomic E-state index is -0.722. The van der Waals surface area contributed by atoms with Gasteiger partial charge in [0.05, 0.1) is 24.2 Å². The number of hydrogen-bond donors (Lipinski definition) is 3. The number of nitrogens with one attached hydrogen (secondary N) is 2. The molecule has 0 spiro atoms. The lowest BCUT2D eigenvalue weighted by Gasteiger charge is -2.36. The Morgan fingerprint density at radius 3 is 2.74 bits per heavy atom. The number of benzene rings is 2. The number of rotatable bonds is 8. The molecule has 240 valence electrons. The maximum Gasteiger partial charge on any atom is 0.228 e. The Balaban J connectivity index is 1.43. The van der Waals surface area contributed by atoms with E-state index in [0.29, 0.717) is 68.5 Å². The van der Waals surface area contributed by atoms with Gasteiger partial charge in [0.15, 0.2) is 5.82 Å². The number of phenolic OH excluding ortho intramolecular Hbond substituents is 1. The fourth-order valence-electron chi connectivity index (χ4n) is 6.00. The van der Waals surface area contributed by atoms with Crippen LogP contribution in [0.5, 0.6) is 5.75 Å². The van der Waals surface area contributed by atoms with Gasteiger partial charge in [-0.25, -0.2) is 13.8 Å². The van der Waals surface area contributed by atoms with Crippen molar-refractivity contribution < 1.29 is 23.4 Å². The van der Waals surface area contributed by atoms with Gasteiger partial charge in [0.2, 0.25) is 11.9 Å². The van der Waals surface area contributed by atoms with Crippen molar-refractivity contribution in [1.82, 2.24) is 30.5 Å². The SMILES string of the molecule is C#Cc1c(F)ccc2cc(O)cc(-c3ncc4c(N5CCNC(COCCC(=O)NC)C5)nc(N5CCN(C)CC5)nc4c3F)c12. The number of carbonyl (C=O) groups excluding carboxylic acids is 1. The summed E-state index contributed by atoms with van der Waals surface area (Å²) in [6.45, 7) is 5.42. The number of nitrogens with zero attached hydrogens (tertiary/aromatic N) is 6. The quantitative estimate of drug-likeness (QED) is 0.198. The van der Waals surface area contributed by atoms with Gasteiger partial charge in [0.25, 0.3) is 0 Å². The summed E-state index contributed by atoms with van der Waals surface area (Å²) in [5.74, 6) is 1.75. The maximum absolute atomic E-state index is 16.8. The number of amides is 1. The highest BCUT2D eigenvalue weighted by Gasteiger charge is 2.28. The Hall–Kier alpha value is -4.64. The summed E-state index contributed by atoms with van der Waals surface area (Å²) >= 11 is 0. The molecule has 0 bridgehead atoms. The zero-order valence-corrected chi connectivity index (χ0v) is 25.8. The molecule has 6 rings (SSSR count). The minimum absolute atomic E-state index is 0.0419. The van der Waals surface area contributed by atoms with Crippen molar-refractivity contribution in [2.75, 3.05) is 82.9 Å². The Bertz CT molecular complexity index is 1820. The summed E-state index contributed by atoms with van der Waals surface area (Å²) in [5, 5.41) is 17.7. The van der Waals surface area contributed by atoms with Gasteiger partial charge >= 0.3 is 0 Å². The van der Waals surface area contributed by atoms with E-state index in [4.69, 9.17) is 21.1 Å². The van der Waals surface area contributed by atoms with Crippen LogP contribution in [-0.4, -0.2) is 110 Å². The molecule has 13 heteroatoms. The van der Waals surface area contributed by atoms with Crippen LogP contribution in [0, 0.1) is 24.0 Å². The van der Waals surface area contributed by atoms with Gasteiger partial charge in [0, 0.05) is 82.5 Å². The Morgan fingerprint density at radius 1 is 1.17 bits per heavy atom. The lowest BCUT2D eigenvalue weighted by Crippen LogP contribution is -2.53. The number of likely N-dealkylation sites (N-methyl/N-ethyl adjacent to an activating group) is 1. The van der Waals surface area contributed by atoms with E-state index >= 15 is 4.39 Å². The van der Waals surface area contributed by atoms with Crippen molar-refractivity contribution in [3.63, 3.8) is 0 Å². The van der Waals surface area contributed by atoms with Gasteiger partial charge in [-0.1, -0.05) is 12.0 Å². The highest BCUT2D eigenvalue weighted by molar-refractivity contribution is 6.03. The monoisotopic (exact) mass is 630 g/mol. The van der Waals surface area contributed by atoms with E-state index in [-0.39, 0.29) is 51.8 Å². The lowest BCUT2D eigenvalue weighted by molar-refractivity contribution is -0.121. The van der Waals surface area contributed by atoms with Crippen molar-refractivity contribution in [2.24, 2.45) is 0 Å². The molecule has 46 heavy (non-hydrogen) atoms. The number of aromatic nitrogens is 3. The predicted molar refractivity (Wildman–Crippen MR) is 173 cm³/mol. The van der Waals surface area contributed by atoms with Crippen LogP contribution in [-0.2, 0) is 9.53 Å². The molecule has 3 N–H and O–H groups in total. The van der Waals surface area contributed by atoms with Crippen LogP contribution in [0.15, 0.2) is 30.5 Å². The molecular formula is C33H36F2N8O3. The van der Waals surface area contributed by atoms with E-state index in [9.17, 15) is 14.3 Å². The molecule has 4 aromatic rings. The molecule has 0 radical (unpaired) electrons. The smallest absolute Gasteiger partial charge is 0.228 e. The number of piperazine rings is 2. The van der Waals surface area contributed by atoms with Crippen molar-refractivity contribution in [2.45, 2.75) is 12.5 Å². The molecule has 0 aliphatic carbocycles. The summed E-state index contributed by atoms with van der Waals surface area (Å²) in [6, 6.07) is 5.45. The number of fused-ring (bicyclic) bond motifs is 2. The molecule has 2 aromatic heterocycles. The van der Waals surface area contributed by atoms with Crippen molar-refractivity contribution in [3.8, 4) is 29.4 Å². The zero-order chi connectivity index (χ0) is 32.4. The predicted octanol–water partition coefficient (Wildman–Crippen LogP) is 2.49. The minimum Gasteiger partial charge on any atom is -0.508 e. The van der Waals surface area contributed by atoms with Gasteiger partial charge in [0.1, 0.15) is 28.6 Å². The first kappa shape index (κ1) is 31.3. The van der Waals surface area contributed by atoms with E-state index in [1.165, 1.54) is 30.5 Å². The van der Waals surface area contributed by atoms with Crippen LogP contribution in [0.1, 0.15) is 12.0 Å². The number of aromatic hydroxyl groups is 1. The van der Waals surface area contributed by atoms with Crippen molar-refractivity contribution in [1.29, 1.82) is 0 Å². The molecule has 0 saturated carbocycles. The number of ether oxygens (including phenoxy) is 1. The van der Waals surface area contributed by atoms with Crippen LogP contribution in [0.25, 0.3) is 32.9 Å². The first-order valence-corrected chi connectivity index (χ1v) is 15.3. The Morgan fingerprint density at radius 2 is 1.98 bits per heavy atom. The third-order valence-corrected chi connectivity index (χ3v) is 8.52. The van der Waals surface area contributed by atoms with Crippen LogP contribution in [0.4, 0.5) is 20.5 Å². The lowest BCUT2D eigenvalue weighted by atomic mass is 9.96. The third-order valence-electron chi connectivity index (χ3n) is 8.52. The number of terminal acetylenes is 1. The van der Waals surface area contributed by atoms with Gasteiger partial charge < -0.3 is 35.2 Å². The number of anilines is 2. The molecule has 2 saturated heterocycles. The molecule has 2 fully saturated rings. The molecule has 2 aliphatic heterocycles. The maximum atomic E-state index is 16.8. The molecule has 2 aromatic carbocycles. The van der Waals surface area contributed by atoms with Gasteiger partial charge in [-0.05, 0) is 30.6 Å². The Labute approximate surface area is 265 Å². The normalized spacial score (nSPS) is 17.4. The Kier molecular flexibility index (Phi) is 9.12. The second-order valence-corrected chi connectivity index (χ2v) is 11.6. The first-order chi connectivity index (χ1) is 22.3. The van der Waals surface area contributed by atoms with Gasteiger partial charge in [-0.15, -0.1) is 6.42 Å². The third kappa shape index (κ3) is 6.24. The van der Waals surface area contributed by atoms with Crippen LogP contribution >= 0.6 is 0 Å². The van der Waals surface area contributed by atoms with E-state index in [1.54, 1.807) is 7.05 Å². The van der Waals surface area contributed by atoms with E-state index in [1.807, 2.05) is 11.9 Å². The molecule has 2 aliphatic rings. The molecule has 1 amide bonds. The first-order valence-electron chi connectivity index (χ1n) is 15.3. The summed E-state index contributed by atoms with van der Waals surface area (Å²) in [5.41, 5.74) is 0.0853. The number of phenols is 1. The fraction of sp³-hybridized carbons (Fsp3) is 0.394. The summed E-state index contributed by atoms with van der Waals surface area (Å²) < 4.78 is 37.4. The highest BCUT2D eigenvalue weighted by atomic mass is 19.1. The fourth-order valence-corrected chi connectivity index (χ4v) is 6.00. The zero-order valence-electron chi connectivity index (χ0n) is 25.8. The number of halogens is 2. The van der Waals surface area contributed by atoms with Crippen LogP contribution in [0.2, 0.25) is 0 Å². The van der Waals surface area contributed by atoms with Gasteiger partial charge in [-0.3, -0.25) is 9.78 Å². The topological polar surface area (TPSA) is 119 Å². The summed E-state index contributed by atoms with van der Waals surface area (Å²) in [7, 11) is 3.64. The number of carbonyl (C=O) groups is 1. The summed E-state index contributed by atoms with van der Waals surface area (Å²) in [4.78, 5) is 32.1. The average Bonchev–Trinajstić information content (AvgIpc) is 3.06. The molecule has 4 heterocycles. The van der Waals surface area contributed by atoms with E-state index < -0.39 is 11.6 Å². The summed E-state index contributed by atoms with van der Waals surface area (Å²) in [6.07, 6.45) is 7.48. The highest BCUT2D eigenvalue weighted by Crippen LogP contribution is 2.38. The second-order valence-electron chi connectivity index (χ2n) is 11.6. The molecule has 1 unspecified atom stereocenters. The van der Waals surface area contributed by atoms with Crippen molar-refractivity contribution >= 4 is 39.3 Å².